The third-order valence-corrected chi connectivity index (χ3v) is 5.82. The van der Waals surface area contributed by atoms with Crippen molar-refractivity contribution in [1.82, 2.24) is 9.80 Å². The zero-order chi connectivity index (χ0) is 18.9. The number of benzene rings is 1. The van der Waals surface area contributed by atoms with E-state index >= 15 is 0 Å². The SMILES string of the molecule is N#Cc1ccc(OCC(O)CN2CCC(CN3CCCCCC3)CC2)cc1. The first-order chi connectivity index (χ1) is 13.2. The van der Waals surface area contributed by atoms with Crippen molar-refractivity contribution in [3.8, 4) is 11.8 Å². The number of ether oxygens (including phenoxy) is 1. The van der Waals surface area contributed by atoms with Gasteiger partial charge in [0.2, 0.25) is 0 Å². The molecule has 1 aromatic rings. The second kappa shape index (κ2) is 10.7. The van der Waals surface area contributed by atoms with E-state index in [0.29, 0.717) is 24.5 Å². The molecule has 0 amide bonds. The Hall–Kier alpha value is -1.61. The van der Waals surface area contributed by atoms with Crippen LogP contribution in [0.5, 0.6) is 5.75 Å². The van der Waals surface area contributed by atoms with Crippen molar-refractivity contribution in [2.75, 3.05) is 45.9 Å². The Kier molecular flexibility index (Phi) is 7.94. The number of hydrogen-bond acceptors (Lipinski definition) is 5. The van der Waals surface area contributed by atoms with Gasteiger partial charge in [0, 0.05) is 13.1 Å². The Bertz CT molecular complexity index is 583. The zero-order valence-corrected chi connectivity index (χ0v) is 16.4. The fourth-order valence-corrected chi connectivity index (χ4v) is 4.20. The van der Waals surface area contributed by atoms with Crippen LogP contribution in [0.4, 0.5) is 0 Å². The summed E-state index contributed by atoms with van der Waals surface area (Å²) in [5.41, 5.74) is 0.617. The number of rotatable bonds is 7. The number of piperidine rings is 1. The predicted molar refractivity (Wildman–Crippen MR) is 107 cm³/mol. The summed E-state index contributed by atoms with van der Waals surface area (Å²) in [7, 11) is 0. The molecular weight excluding hydrogens is 338 g/mol. The molecule has 2 heterocycles. The number of aliphatic hydroxyl groups excluding tert-OH is 1. The smallest absolute Gasteiger partial charge is 0.119 e. The van der Waals surface area contributed by atoms with Crippen molar-refractivity contribution >= 4 is 0 Å². The Balaban J connectivity index is 1.32. The molecule has 27 heavy (non-hydrogen) atoms. The molecule has 2 aliphatic heterocycles. The van der Waals surface area contributed by atoms with Gasteiger partial charge >= 0.3 is 0 Å². The minimum absolute atomic E-state index is 0.291. The largest absolute Gasteiger partial charge is 0.491 e. The van der Waals surface area contributed by atoms with Crippen LogP contribution in [-0.4, -0.2) is 66.9 Å². The van der Waals surface area contributed by atoms with E-state index in [1.54, 1.807) is 24.3 Å². The van der Waals surface area contributed by atoms with Gasteiger partial charge in [-0.1, -0.05) is 12.8 Å². The molecule has 0 aromatic heterocycles. The standard InChI is InChI=1S/C22H33N3O2/c23-15-19-5-7-22(8-6-19)27-18-21(26)17-25-13-9-20(10-14-25)16-24-11-3-1-2-4-12-24/h5-8,20-21,26H,1-4,9-14,16-18H2. The Morgan fingerprint density at radius 2 is 1.67 bits per heavy atom. The van der Waals surface area contributed by atoms with Crippen molar-refractivity contribution in [2.45, 2.75) is 44.6 Å². The molecule has 2 fully saturated rings. The fourth-order valence-electron chi connectivity index (χ4n) is 4.20. The highest BCUT2D eigenvalue weighted by Gasteiger charge is 2.23. The quantitative estimate of drug-likeness (QED) is 0.799. The lowest BCUT2D eigenvalue weighted by atomic mass is 9.96. The van der Waals surface area contributed by atoms with E-state index in [1.807, 2.05) is 0 Å². The van der Waals surface area contributed by atoms with Crippen LogP contribution in [0.25, 0.3) is 0 Å². The van der Waals surface area contributed by atoms with Gasteiger partial charge in [0.25, 0.3) is 0 Å². The highest BCUT2D eigenvalue weighted by Crippen LogP contribution is 2.21. The van der Waals surface area contributed by atoms with Gasteiger partial charge in [-0.15, -0.1) is 0 Å². The summed E-state index contributed by atoms with van der Waals surface area (Å²) in [6, 6.07) is 9.11. The summed E-state index contributed by atoms with van der Waals surface area (Å²) in [4.78, 5) is 5.04. The maximum Gasteiger partial charge on any atom is 0.119 e. The first-order valence-electron chi connectivity index (χ1n) is 10.5. The van der Waals surface area contributed by atoms with Gasteiger partial charge in [-0.3, -0.25) is 0 Å². The molecular formula is C22H33N3O2. The van der Waals surface area contributed by atoms with E-state index in [9.17, 15) is 5.11 Å². The van der Waals surface area contributed by atoms with E-state index in [4.69, 9.17) is 10.00 Å². The van der Waals surface area contributed by atoms with E-state index in [0.717, 1.165) is 19.0 Å². The van der Waals surface area contributed by atoms with Gasteiger partial charge < -0.3 is 19.6 Å². The summed E-state index contributed by atoms with van der Waals surface area (Å²) in [5, 5.41) is 19.1. The second-order valence-corrected chi connectivity index (χ2v) is 8.06. The number of aliphatic hydroxyl groups is 1. The molecule has 3 rings (SSSR count). The molecule has 1 aromatic carbocycles. The van der Waals surface area contributed by atoms with E-state index in [-0.39, 0.29) is 0 Å². The van der Waals surface area contributed by atoms with Crippen LogP contribution >= 0.6 is 0 Å². The van der Waals surface area contributed by atoms with Crippen molar-refractivity contribution in [2.24, 2.45) is 5.92 Å². The molecule has 0 bridgehead atoms. The molecule has 0 aliphatic carbocycles. The number of hydrogen-bond donors (Lipinski definition) is 1. The van der Waals surface area contributed by atoms with Crippen LogP contribution in [0.3, 0.4) is 0 Å². The first kappa shape index (κ1) is 20.1. The Labute approximate surface area is 163 Å². The average Bonchev–Trinajstić information content (AvgIpc) is 2.97. The molecule has 1 unspecified atom stereocenters. The van der Waals surface area contributed by atoms with Crippen molar-refractivity contribution in [3.05, 3.63) is 29.8 Å². The van der Waals surface area contributed by atoms with Crippen LogP contribution in [0, 0.1) is 17.2 Å². The van der Waals surface area contributed by atoms with Crippen LogP contribution in [0.1, 0.15) is 44.1 Å². The first-order valence-corrected chi connectivity index (χ1v) is 10.5. The second-order valence-electron chi connectivity index (χ2n) is 8.06. The molecule has 5 heteroatoms. The normalized spacial score (nSPS) is 21.3. The lowest BCUT2D eigenvalue weighted by Gasteiger charge is -2.35. The van der Waals surface area contributed by atoms with Gasteiger partial charge in [0.1, 0.15) is 18.5 Å². The van der Waals surface area contributed by atoms with Crippen molar-refractivity contribution < 1.29 is 9.84 Å². The third kappa shape index (κ3) is 6.80. The van der Waals surface area contributed by atoms with E-state index in [1.165, 1.54) is 58.2 Å². The van der Waals surface area contributed by atoms with Crippen LogP contribution in [0.2, 0.25) is 0 Å². The lowest BCUT2D eigenvalue weighted by Crippen LogP contribution is -2.43. The summed E-state index contributed by atoms with van der Waals surface area (Å²) in [6.45, 7) is 6.95. The molecule has 2 aliphatic rings. The van der Waals surface area contributed by atoms with Gasteiger partial charge in [0.15, 0.2) is 0 Å². The van der Waals surface area contributed by atoms with Gasteiger partial charge in [-0.05, 0) is 82.0 Å². The number of likely N-dealkylation sites (tertiary alicyclic amines) is 2. The molecule has 5 nitrogen and oxygen atoms in total. The molecule has 0 radical (unpaired) electrons. The van der Waals surface area contributed by atoms with E-state index < -0.39 is 6.10 Å². The Morgan fingerprint density at radius 3 is 2.30 bits per heavy atom. The van der Waals surface area contributed by atoms with Crippen molar-refractivity contribution in [3.63, 3.8) is 0 Å². The molecule has 148 valence electrons. The van der Waals surface area contributed by atoms with Gasteiger partial charge in [-0.25, -0.2) is 0 Å². The maximum atomic E-state index is 10.3. The summed E-state index contributed by atoms with van der Waals surface area (Å²) >= 11 is 0. The summed E-state index contributed by atoms with van der Waals surface area (Å²) in [6.07, 6.45) is 7.52. The highest BCUT2D eigenvalue weighted by atomic mass is 16.5. The number of nitriles is 1. The van der Waals surface area contributed by atoms with Crippen LogP contribution in [-0.2, 0) is 0 Å². The Morgan fingerprint density at radius 1 is 1.00 bits per heavy atom. The summed E-state index contributed by atoms with van der Waals surface area (Å²) in [5.74, 6) is 1.51. The minimum Gasteiger partial charge on any atom is -0.491 e. The number of β-amino-alcohol motifs (C(OH)–C–C–N with tert-alkyl or cyclic N) is 1. The topological polar surface area (TPSA) is 59.7 Å². The average molecular weight is 372 g/mol. The molecule has 0 spiro atoms. The highest BCUT2D eigenvalue weighted by molar-refractivity contribution is 5.34. The van der Waals surface area contributed by atoms with Crippen LogP contribution in [0.15, 0.2) is 24.3 Å². The molecule has 2 saturated heterocycles. The minimum atomic E-state index is -0.484. The molecule has 0 saturated carbocycles. The monoisotopic (exact) mass is 371 g/mol. The van der Waals surface area contributed by atoms with Crippen LogP contribution < -0.4 is 4.74 Å². The van der Waals surface area contributed by atoms with Gasteiger partial charge in [-0.2, -0.15) is 5.26 Å². The third-order valence-electron chi connectivity index (χ3n) is 5.82. The van der Waals surface area contributed by atoms with E-state index in [2.05, 4.69) is 15.9 Å². The predicted octanol–water partition coefficient (Wildman–Crippen LogP) is 2.89. The van der Waals surface area contributed by atoms with Crippen molar-refractivity contribution in [1.29, 1.82) is 5.26 Å². The number of nitrogens with zero attached hydrogens (tertiary/aromatic N) is 3. The lowest BCUT2D eigenvalue weighted by molar-refractivity contribution is 0.0513. The fraction of sp³-hybridized carbons (Fsp3) is 0.682. The maximum absolute atomic E-state index is 10.3. The summed E-state index contributed by atoms with van der Waals surface area (Å²) < 4.78 is 5.65. The van der Waals surface area contributed by atoms with Gasteiger partial charge in [0.05, 0.1) is 11.6 Å². The zero-order valence-electron chi connectivity index (χ0n) is 16.4. The molecule has 1 N–H and O–H groups in total. The molecule has 1 atom stereocenters.